The monoisotopic (exact) mass is 290 g/mol. The SMILES string of the molecule is Cc1ccc(C(=O)NCC(O)CN2CCCC2=O)c(C)c1. The number of carbonyl (C=O) groups excluding carboxylic acids is 2. The lowest BCUT2D eigenvalue weighted by molar-refractivity contribution is -0.128. The van der Waals surface area contributed by atoms with Crippen molar-refractivity contribution in [1.29, 1.82) is 0 Å². The molecule has 1 heterocycles. The number of nitrogens with one attached hydrogen (secondary N) is 1. The van der Waals surface area contributed by atoms with Gasteiger partial charge < -0.3 is 15.3 Å². The van der Waals surface area contributed by atoms with E-state index in [4.69, 9.17) is 0 Å². The van der Waals surface area contributed by atoms with E-state index in [1.807, 2.05) is 26.0 Å². The Morgan fingerprint density at radius 3 is 2.81 bits per heavy atom. The predicted molar refractivity (Wildman–Crippen MR) is 80.1 cm³/mol. The Morgan fingerprint density at radius 2 is 2.19 bits per heavy atom. The number of carbonyl (C=O) groups is 2. The van der Waals surface area contributed by atoms with Crippen LogP contribution in [0.5, 0.6) is 0 Å². The number of rotatable bonds is 5. The van der Waals surface area contributed by atoms with Gasteiger partial charge >= 0.3 is 0 Å². The summed E-state index contributed by atoms with van der Waals surface area (Å²) in [5.74, 6) is -0.117. The van der Waals surface area contributed by atoms with Crippen LogP contribution in [0.3, 0.4) is 0 Å². The highest BCUT2D eigenvalue weighted by molar-refractivity contribution is 5.95. The molecule has 21 heavy (non-hydrogen) atoms. The number of likely N-dealkylation sites (tertiary alicyclic amines) is 1. The number of β-amino-alcohol motifs (C(OH)–C–C–N with tert-alkyl or cyclic N) is 1. The molecular weight excluding hydrogens is 268 g/mol. The molecule has 0 aromatic heterocycles. The van der Waals surface area contributed by atoms with Crippen LogP contribution in [0.1, 0.15) is 34.3 Å². The predicted octanol–water partition coefficient (Wildman–Crippen LogP) is 1.02. The van der Waals surface area contributed by atoms with Gasteiger partial charge in [0.05, 0.1) is 6.10 Å². The minimum Gasteiger partial charge on any atom is -0.389 e. The summed E-state index contributed by atoms with van der Waals surface area (Å²) >= 11 is 0. The normalized spacial score (nSPS) is 16.1. The van der Waals surface area contributed by atoms with E-state index in [1.165, 1.54) is 0 Å². The van der Waals surface area contributed by atoms with Gasteiger partial charge in [-0.15, -0.1) is 0 Å². The van der Waals surface area contributed by atoms with Crippen molar-refractivity contribution in [3.05, 3.63) is 34.9 Å². The van der Waals surface area contributed by atoms with Gasteiger partial charge in [-0.3, -0.25) is 9.59 Å². The Morgan fingerprint density at radius 1 is 1.43 bits per heavy atom. The smallest absolute Gasteiger partial charge is 0.251 e. The first-order chi connectivity index (χ1) is 9.97. The highest BCUT2D eigenvalue weighted by Crippen LogP contribution is 2.11. The molecule has 114 valence electrons. The van der Waals surface area contributed by atoms with E-state index in [2.05, 4.69) is 5.32 Å². The summed E-state index contributed by atoms with van der Waals surface area (Å²) in [6.45, 7) is 5.00. The number of benzene rings is 1. The van der Waals surface area contributed by atoms with Gasteiger partial charge in [0.1, 0.15) is 0 Å². The van der Waals surface area contributed by atoms with Crippen molar-refractivity contribution >= 4 is 11.8 Å². The Balaban J connectivity index is 1.84. The second-order valence-corrected chi connectivity index (χ2v) is 5.63. The molecule has 0 saturated carbocycles. The van der Waals surface area contributed by atoms with Crippen LogP contribution >= 0.6 is 0 Å². The lowest BCUT2D eigenvalue weighted by atomic mass is 10.1. The second kappa shape index (κ2) is 6.72. The molecule has 1 atom stereocenters. The first-order valence-electron chi connectivity index (χ1n) is 7.28. The van der Waals surface area contributed by atoms with E-state index in [9.17, 15) is 14.7 Å². The average Bonchev–Trinajstić information content (AvgIpc) is 2.81. The Kier molecular flexibility index (Phi) is 4.96. The van der Waals surface area contributed by atoms with Crippen molar-refractivity contribution in [3.8, 4) is 0 Å². The summed E-state index contributed by atoms with van der Waals surface area (Å²) < 4.78 is 0. The fourth-order valence-corrected chi connectivity index (χ4v) is 2.59. The second-order valence-electron chi connectivity index (χ2n) is 5.63. The molecule has 1 unspecified atom stereocenters. The molecule has 1 aromatic carbocycles. The summed E-state index contributed by atoms with van der Waals surface area (Å²) in [5, 5.41) is 12.6. The van der Waals surface area contributed by atoms with Crippen molar-refractivity contribution < 1.29 is 14.7 Å². The van der Waals surface area contributed by atoms with Gasteiger partial charge in [0.2, 0.25) is 5.91 Å². The summed E-state index contributed by atoms with van der Waals surface area (Å²) in [4.78, 5) is 25.2. The molecule has 1 fully saturated rings. The third kappa shape index (κ3) is 4.04. The molecule has 2 rings (SSSR count). The third-order valence-corrected chi connectivity index (χ3v) is 3.73. The quantitative estimate of drug-likeness (QED) is 0.850. The maximum absolute atomic E-state index is 12.1. The zero-order valence-corrected chi connectivity index (χ0v) is 12.6. The van der Waals surface area contributed by atoms with Crippen molar-refractivity contribution in [3.63, 3.8) is 0 Å². The molecular formula is C16H22N2O3. The molecule has 0 spiro atoms. The van der Waals surface area contributed by atoms with Crippen molar-refractivity contribution in [1.82, 2.24) is 10.2 Å². The fraction of sp³-hybridized carbons (Fsp3) is 0.500. The molecule has 1 saturated heterocycles. The number of hydrogen-bond acceptors (Lipinski definition) is 3. The summed E-state index contributed by atoms with van der Waals surface area (Å²) in [6.07, 6.45) is 0.670. The maximum Gasteiger partial charge on any atom is 0.251 e. The Bertz CT molecular complexity index is 542. The van der Waals surface area contributed by atoms with Crippen LogP contribution in [0.4, 0.5) is 0 Å². The molecule has 0 aliphatic carbocycles. The van der Waals surface area contributed by atoms with Gasteiger partial charge in [-0.05, 0) is 31.9 Å². The van der Waals surface area contributed by atoms with Crippen molar-refractivity contribution in [2.75, 3.05) is 19.6 Å². The van der Waals surface area contributed by atoms with E-state index in [0.29, 0.717) is 18.5 Å². The number of nitrogens with zero attached hydrogens (tertiary/aromatic N) is 1. The van der Waals surface area contributed by atoms with E-state index in [-0.39, 0.29) is 24.9 Å². The minimum absolute atomic E-state index is 0.0785. The van der Waals surface area contributed by atoms with Crippen LogP contribution in [0, 0.1) is 13.8 Å². The topological polar surface area (TPSA) is 69.6 Å². The van der Waals surface area contributed by atoms with Crippen LogP contribution in [-0.2, 0) is 4.79 Å². The molecule has 1 aliphatic rings. The average molecular weight is 290 g/mol. The van der Waals surface area contributed by atoms with Gasteiger partial charge in [-0.1, -0.05) is 17.7 Å². The molecule has 2 amide bonds. The molecule has 2 N–H and O–H groups in total. The molecule has 1 aromatic rings. The van der Waals surface area contributed by atoms with Crippen LogP contribution in [-0.4, -0.2) is 47.6 Å². The van der Waals surface area contributed by atoms with Crippen molar-refractivity contribution in [2.45, 2.75) is 32.8 Å². The van der Waals surface area contributed by atoms with E-state index in [1.54, 1.807) is 11.0 Å². The summed E-state index contributed by atoms with van der Waals surface area (Å²) in [7, 11) is 0. The number of aliphatic hydroxyl groups excluding tert-OH is 1. The van der Waals surface area contributed by atoms with Gasteiger partial charge in [0.25, 0.3) is 5.91 Å². The van der Waals surface area contributed by atoms with Crippen LogP contribution in [0.25, 0.3) is 0 Å². The van der Waals surface area contributed by atoms with E-state index >= 15 is 0 Å². The fourth-order valence-electron chi connectivity index (χ4n) is 2.59. The number of aliphatic hydroxyl groups is 1. The Hall–Kier alpha value is -1.88. The lowest BCUT2D eigenvalue weighted by Gasteiger charge is -2.20. The number of amides is 2. The highest BCUT2D eigenvalue weighted by Gasteiger charge is 2.22. The molecule has 5 heteroatoms. The highest BCUT2D eigenvalue weighted by atomic mass is 16.3. The first-order valence-corrected chi connectivity index (χ1v) is 7.28. The van der Waals surface area contributed by atoms with Crippen molar-refractivity contribution in [2.24, 2.45) is 0 Å². The van der Waals surface area contributed by atoms with Gasteiger partial charge in [0.15, 0.2) is 0 Å². The zero-order chi connectivity index (χ0) is 15.4. The number of hydrogen-bond donors (Lipinski definition) is 2. The maximum atomic E-state index is 12.1. The Labute approximate surface area is 125 Å². The zero-order valence-electron chi connectivity index (χ0n) is 12.6. The summed E-state index contributed by atoms with van der Waals surface area (Å²) in [6, 6.07) is 5.63. The van der Waals surface area contributed by atoms with Gasteiger partial charge in [-0.25, -0.2) is 0 Å². The number of aryl methyl sites for hydroxylation is 2. The lowest BCUT2D eigenvalue weighted by Crippen LogP contribution is -2.40. The minimum atomic E-state index is -0.734. The van der Waals surface area contributed by atoms with Gasteiger partial charge in [-0.2, -0.15) is 0 Å². The first kappa shape index (κ1) is 15.5. The van der Waals surface area contributed by atoms with Crippen LogP contribution < -0.4 is 5.32 Å². The largest absolute Gasteiger partial charge is 0.389 e. The summed E-state index contributed by atoms with van der Waals surface area (Å²) in [5.41, 5.74) is 2.64. The van der Waals surface area contributed by atoms with E-state index in [0.717, 1.165) is 17.5 Å². The molecule has 1 aliphatic heterocycles. The molecule has 0 radical (unpaired) electrons. The van der Waals surface area contributed by atoms with Crippen LogP contribution in [0.15, 0.2) is 18.2 Å². The van der Waals surface area contributed by atoms with Crippen LogP contribution in [0.2, 0.25) is 0 Å². The third-order valence-electron chi connectivity index (χ3n) is 3.73. The molecule has 0 bridgehead atoms. The standard InChI is InChI=1S/C16H22N2O3/c1-11-5-6-14(12(2)8-11)16(21)17-9-13(19)10-18-7-3-4-15(18)20/h5-6,8,13,19H,3-4,7,9-10H2,1-2H3,(H,17,21). The molecule has 5 nitrogen and oxygen atoms in total. The van der Waals surface area contributed by atoms with Gasteiger partial charge in [0, 0.05) is 31.6 Å². The van der Waals surface area contributed by atoms with E-state index < -0.39 is 6.10 Å².